The van der Waals surface area contributed by atoms with Crippen molar-refractivity contribution in [3.05, 3.63) is 52.5 Å². The first kappa shape index (κ1) is 13.1. The fourth-order valence-corrected chi connectivity index (χ4v) is 2.42. The molecule has 2 aromatic carbocycles. The Morgan fingerprint density at radius 3 is 2.90 bits per heavy atom. The van der Waals surface area contributed by atoms with Crippen LogP contribution < -0.4 is 14.8 Å². The molecule has 1 heterocycles. The molecule has 0 radical (unpaired) electrons. The maximum atomic E-state index is 6.03. The van der Waals surface area contributed by atoms with E-state index in [1.165, 1.54) is 0 Å². The standard InChI is InChI=1S/C16H16ClNO2/c1-11-5-6-13(17)9-14(11)18-10-12-3-2-4-15-16(12)20-8-7-19-15/h2-6,9,18H,7-8,10H2,1H3. The molecule has 1 aliphatic heterocycles. The molecule has 3 nitrogen and oxygen atoms in total. The van der Waals surface area contributed by atoms with Gasteiger partial charge in [-0.05, 0) is 30.7 Å². The van der Waals surface area contributed by atoms with E-state index in [-0.39, 0.29) is 0 Å². The van der Waals surface area contributed by atoms with E-state index in [1.54, 1.807) is 0 Å². The van der Waals surface area contributed by atoms with Crippen LogP contribution in [0.3, 0.4) is 0 Å². The summed E-state index contributed by atoms with van der Waals surface area (Å²) in [6, 6.07) is 11.8. The number of rotatable bonds is 3. The molecular formula is C16H16ClNO2. The molecule has 0 saturated heterocycles. The monoisotopic (exact) mass is 289 g/mol. The second-order valence-electron chi connectivity index (χ2n) is 4.75. The summed E-state index contributed by atoms with van der Waals surface area (Å²) in [7, 11) is 0. The predicted octanol–water partition coefficient (Wildman–Crippen LogP) is 4.03. The molecule has 3 rings (SSSR count). The lowest BCUT2D eigenvalue weighted by Crippen LogP contribution is -2.17. The molecule has 0 spiro atoms. The summed E-state index contributed by atoms with van der Waals surface area (Å²) in [6.07, 6.45) is 0. The summed E-state index contributed by atoms with van der Waals surface area (Å²) >= 11 is 6.03. The molecule has 0 unspecified atom stereocenters. The first-order valence-corrected chi connectivity index (χ1v) is 6.99. The van der Waals surface area contributed by atoms with Gasteiger partial charge in [-0.15, -0.1) is 0 Å². The molecule has 1 N–H and O–H groups in total. The summed E-state index contributed by atoms with van der Waals surface area (Å²) < 4.78 is 11.3. The third-order valence-electron chi connectivity index (χ3n) is 3.32. The van der Waals surface area contributed by atoms with E-state index in [9.17, 15) is 0 Å². The Balaban J connectivity index is 1.80. The first-order valence-electron chi connectivity index (χ1n) is 6.61. The van der Waals surface area contributed by atoms with Crippen LogP contribution in [-0.2, 0) is 6.54 Å². The molecule has 0 aromatic heterocycles. The Hall–Kier alpha value is -1.87. The van der Waals surface area contributed by atoms with Gasteiger partial charge in [0.25, 0.3) is 0 Å². The van der Waals surface area contributed by atoms with Crippen molar-refractivity contribution in [3.63, 3.8) is 0 Å². The smallest absolute Gasteiger partial charge is 0.166 e. The molecule has 20 heavy (non-hydrogen) atoms. The van der Waals surface area contributed by atoms with Gasteiger partial charge in [-0.2, -0.15) is 0 Å². The highest BCUT2D eigenvalue weighted by Gasteiger charge is 2.15. The molecule has 4 heteroatoms. The van der Waals surface area contributed by atoms with E-state index >= 15 is 0 Å². The van der Waals surface area contributed by atoms with E-state index < -0.39 is 0 Å². The van der Waals surface area contributed by atoms with Gasteiger partial charge in [0.15, 0.2) is 11.5 Å². The number of hydrogen-bond acceptors (Lipinski definition) is 3. The summed E-state index contributed by atoms with van der Waals surface area (Å²) in [4.78, 5) is 0. The lowest BCUT2D eigenvalue weighted by molar-refractivity contribution is 0.170. The van der Waals surface area contributed by atoms with Crippen LogP contribution in [0.25, 0.3) is 0 Å². The van der Waals surface area contributed by atoms with E-state index in [1.807, 2.05) is 36.4 Å². The molecule has 0 fully saturated rings. The van der Waals surface area contributed by atoms with Crippen molar-refractivity contribution >= 4 is 17.3 Å². The number of aryl methyl sites for hydroxylation is 1. The Kier molecular flexibility index (Phi) is 3.70. The van der Waals surface area contributed by atoms with Gasteiger partial charge in [0.05, 0.1) is 0 Å². The first-order chi connectivity index (χ1) is 9.74. The number of anilines is 1. The Labute approximate surface area is 123 Å². The van der Waals surface area contributed by atoms with E-state index in [0.29, 0.717) is 19.8 Å². The Morgan fingerprint density at radius 2 is 2.00 bits per heavy atom. The van der Waals surface area contributed by atoms with Crippen molar-refractivity contribution in [2.45, 2.75) is 13.5 Å². The zero-order valence-corrected chi connectivity index (χ0v) is 12.0. The van der Waals surface area contributed by atoms with E-state index in [0.717, 1.165) is 33.3 Å². The van der Waals surface area contributed by atoms with Gasteiger partial charge < -0.3 is 14.8 Å². The van der Waals surface area contributed by atoms with Crippen molar-refractivity contribution in [2.24, 2.45) is 0 Å². The third-order valence-corrected chi connectivity index (χ3v) is 3.55. The molecule has 104 valence electrons. The molecule has 0 saturated carbocycles. The van der Waals surface area contributed by atoms with Crippen LogP contribution in [0.5, 0.6) is 11.5 Å². The Bertz CT molecular complexity index is 628. The van der Waals surface area contributed by atoms with Crippen molar-refractivity contribution in [2.75, 3.05) is 18.5 Å². The van der Waals surface area contributed by atoms with Crippen molar-refractivity contribution < 1.29 is 9.47 Å². The molecule has 1 aliphatic rings. The van der Waals surface area contributed by atoms with Crippen LogP contribution in [0.2, 0.25) is 5.02 Å². The maximum absolute atomic E-state index is 6.03. The Morgan fingerprint density at radius 1 is 1.15 bits per heavy atom. The topological polar surface area (TPSA) is 30.5 Å². The number of para-hydroxylation sites is 1. The van der Waals surface area contributed by atoms with Gasteiger partial charge in [0, 0.05) is 22.8 Å². The summed E-state index contributed by atoms with van der Waals surface area (Å²) in [6.45, 7) is 3.93. The zero-order chi connectivity index (χ0) is 13.9. The van der Waals surface area contributed by atoms with Gasteiger partial charge in [-0.1, -0.05) is 29.8 Å². The van der Waals surface area contributed by atoms with Crippen molar-refractivity contribution in [1.82, 2.24) is 0 Å². The van der Waals surface area contributed by atoms with Crippen LogP contribution in [0, 0.1) is 6.92 Å². The number of hydrogen-bond donors (Lipinski definition) is 1. The van der Waals surface area contributed by atoms with Gasteiger partial charge in [-0.25, -0.2) is 0 Å². The summed E-state index contributed by atoms with van der Waals surface area (Å²) in [5.74, 6) is 1.66. The minimum absolute atomic E-state index is 0.597. The largest absolute Gasteiger partial charge is 0.486 e. The summed E-state index contributed by atoms with van der Waals surface area (Å²) in [5, 5.41) is 4.13. The van der Waals surface area contributed by atoms with Crippen molar-refractivity contribution in [1.29, 1.82) is 0 Å². The minimum Gasteiger partial charge on any atom is -0.486 e. The van der Waals surface area contributed by atoms with Crippen LogP contribution in [0.4, 0.5) is 5.69 Å². The quantitative estimate of drug-likeness (QED) is 0.925. The summed E-state index contributed by atoms with van der Waals surface area (Å²) in [5.41, 5.74) is 3.28. The SMILES string of the molecule is Cc1ccc(Cl)cc1NCc1cccc2c1OCCO2. The molecule has 0 aliphatic carbocycles. The number of halogens is 1. The second-order valence-corrected chi connectivity index (χ2v) is 5.19. The van der Waals surface area contributed by atoms with Crippen molar-refractivity contribution in [3.8, 4) is 11.5 Å². The molecule has 2 aromatic rings. The number of ether oxygens (including phenoxy) is 2. The normalized spacial score (nSPS) is 13.1. The number of nitrogens with one attached hydrogen (secondary N) is 1. The molecule has 0 bridgehead atoms. The average Bonchev–Trinajstić information content (AvgIpc) is 2.48. The maximum Gasteiger partial charge on any atom is 0.166 e. The fraction of sp³-hybridized carbons (Fsp3) is 0.250. The van der Waals surface area contributed by atoms with Crippen LogP contribution in [0.15, 0.2) is 36.4 Å². The van der Waals surface area contributed by atoms with Gasteiger partial charge in [0.2, 0.25) is 0 Å². The van der Waals surface area contributed by atoms with Gasteiger partial charge in [0.1, 0.15) is 13.2 Å². The zero-order valence-electron chi connectivity index (χ0n) is 11.3. The molecular weight excluding hydrogens is 274 g/mol. The van der Waals surface area contributed by atoms with E-state index in [2.05, 4.69) is 12.2 Å². The highest BCUT2D eigenvalue weighted by Crippen LogP contribution is 2.34. The third kappa shape index (κ3) is 2.68. The highest BCUT2D eigenvalue weighted by molar-refractivity contribution is 6.30. The lowest BCUT2D eigenvalue weighted by Gasteiger charge is -2.21. The predicted molar refractivity (Wildman–Crippen MR) is 80.9 cm³/mol. The number of fused-ring (bicyclic) bond motifs is 1. The fourth-order valence-electron chi connectivity index (χ4n) is 2.25. The molecule has 0 atom stereocenters. The lowest BCUT2D eigenvalue weighted by atomic mass is 10.1. The minimum atomic E-state index is 0.597. The highest BCUT2D eigenvalue weighted by atomic mass is 35.5. The van der Waals surface area contributed by atoms with E-state index in [4.69, 9.17) is 21.1 Å². The van der Waals surface area contributed by atoms with Crippen LogP contribution >= 0.6 is 11.6 Å². The molecule has 0 amide bonds. The second kappa shape index (κ2) is 5.63. The van der Waals surface area contributed by atoms with Gasteiger partial charge >= 0.3 is 0 Å². The average molecular weight is 290 g/mol. The van der Waals surface area contributed by atoms with Crippen LogP contribution in [0.1, 0.15) is 11.1 Å². The number of benzene rings is 2. The van der Waals surface area contributed by atoms with Crippen LogP contribution in [-0.4, -0.2) is 13.2 Å². The van der Waals surface area contributed by atoms with Gasteiger partial charge in [-0.3, -0.25) is 0 Å².